The molecular weight excluding hydrogens is 260 g/mol. The highest BCUT2D eigenvalue weighted by atomic mass is 16.5. The first-order chi connectivity index (χ1) is 9.69. The normalized spacial score (nSPS) is 15.2. The van der Waals surface area contributed by atoms with Crippen molar-refractivity contribution >= 4 is 5.91 Å². The Morgan fingerprint density at radius 2 is 2.25 bits per heavy atom. The van der Waals surface area contributed by atoms with Crippen LogP contribution in [-0.4, -0.2) is 34.9 Å². The number of carbonyl (C=O) groups excluding carboxylic acids is 1. The molecule has 0 spiro atoms. The van der Waals surface area contributed by atoms with Crippen molar-refractivity contribution in [2.75, 3.05) is 13.2 Å². The topological polar surface area (TPSA) is 99.2 Å². The van der Waals surface area contributed by atoms with Crippen LogP contribution in [0.5, 0.6) is 5.75 Å². The van der Waals surface area contributed by atoms with Crippen LogP contribution in [0.2, 0.25) is 0 Å². The lowest BCUT2D eigenvalue weighted by atomic mass is 10.2. The molecule has 0 unspecified atom stereocenters. The minimum Gasteiger partial charge on any atom is -0.490 e. The molecule has 1 aliphatic rings. The highest BCUT2D eigenvalue weighted by Gasteiger charge is 2.17. The molecule has 0 bridgehead atoms. The van der Waals surface area contributed by atoms with E-state index in [0.29, 0.717) is 18.9 Å². The first-order valence-electron chi connectivity index (χ1n) is 6.88. The van der Waals surface area contributed by atoms with Gasteiger partial charge in [-0.3, -0.25) is 9.59 Å². The van der Waals surface area contributed by atoms with E-state index in [0.717, 1.165) is 30.4 Å². The number of hydrogen-bond acceptors (Lipinski definition) is 5. The van der Waals surface area contributed by atoms with Crippen LogP contribution in [0.4, 0.5) is 0 Å². The highest BCUT2D eigenvalue weighted by molar-refractivity contribution is 5.75. The quantitative estimate of drug-likeness (QED) is 0.741. The minimum atomic E-state index is -0.360. The van der Waals surface area contributed by atoms with E-state index in [9.17, 15) is 9.59 Å². The van der Waals surface area contributed by atoms with Gasteiger partial charge in [0.1, 0.15) is 18.9 Å². The van der Waals surface area contributed by atoms with Gasteiger partial charge in [-0.1, -0.05) is 12.8 Å². The second-order valence-electron chi connectivity index (χ2n) is 4.87. The van der Waals surface area contributed by atoms with Crippen LogP contribution in [0.25, 0.3) is 0 Å². The first kappa shape index (κ1) is 14.5. The first-order valence-corrected chi connectivity index (χ1v) is 6.88. The smallest absolute Gasteiger partial charge is 0.270 e. The van der Waals surface area contributed by atoms with Gasteiger partial charge in [0.25, 0.3) is 5.56 Å². The Balaban J connectivity index is 1.91. The second kappa shape index (κ2) is 7.04. The SMILES string of the molecule is NCCOc1cnn(CC(=O)NC2CCCC2)c(=O)c1. The molecule has 0 saturated heterocycles. The molecule has 1 heterocycles. The summed E-state index contributed by atoms with van der Waals surface area (Å²) in [4.78, 5) is 23.6. The molecule has 1 amide bonds. The molecule has 0 aromatic carbocycles. The van der Waals surface area contributed by atoms with Gasteiger partial charge >= 0.3 is 0 Å². The monoisotopic (exact) mass is 280 g/mol. The number of hydrogen-bond donors (Lipinski definition) is 2. The predicted molar refractivity (Wildman–Crippen MR) is 73.4 cm³/mol. The maximum atomic E-state index is 11.8. The zero-order valence-corrected chi connectivity index (χ0v) is 11.4. The highest BCUT2D eigenvalue weighted by Crippen LogP contribution is 2.17. The van der Waals surface area contributed by atoms with Crippen LogP contribution in [0.1, 0.15) is 25.7 Å². The van der Waals surface area contributed by atoms with Gasteiger partial charge in [-0.15, -0.1) is 0 Å². The third-order valence-electron chi connectivity index (χ3n) is 3.24. The Labute approximate surface area is 117 Å². The van der Waals surface area contributed by atoms with Crippen LogP contribution in [-0.2, 0) is 11.3 Å². The minimum absolute atomic E-state index is 0.0630. The van der Waals surface area contributed by atoms with Gasteiger partial charge in [-0.05, 0) is 12.8 Å². The van der Waals surface area contributed by atoms with Gasteiger partial charge in [0.2, 0.25) is 5.91 Å². The lowest BCUT2D eigenvalue weighted by molar-refractivity contribution is -0.122. The average Bonchev–Trinajstić information content (AvgIpc) is 2.92. The summed E-state index contributed by atoms with van der Waals surface area (Å²) in [5, 5.41) is 6.84. The Morgan fingerprint density at radius 3 is 2.90 bits per heavy atom. The molecule has 3 N–H and O–H groups in total. The number of amides is 1. The molecule has 7 nitrogen and oxygen atoms in total. The molecule has 1 aliphatic carbocycles. The molecule has 1 aromatic rings. The van der Waals surface area contributed by atoms with E-state index in [1.54, 1.807) is 0 Å². The summed E-state index contributed by atoms with van der Waals surface area (Å²) < 4.78 is 6.33. The van der Waals surface area contributed by atoms with Gasteiger partial charge in [0.05, 0.1) is 6.20 Å². The van der Waals surface area contributed by atoms with Crippen molar-refractivity contribution < 1.29 is 9.53 Å². The van der Waals surface area contributed by atoms with Crippen molar-refractivity contribution in [2.45, 2.75) is 38.3 Å². The Bertz CT molecular complexity index is 509. The Hall–Kier alpha value is -1.89. The maximum Gasteiger partial charge on any atom is 0.270 e. The van der Waals surface area contributed by atoms with Crippen LogP contribution in [0, 0.1) is 0 Å². The van der Waals surface area contributed by atoms with Gasteiger partial charge in [0, 0.05) is 18.7 Å². The third kappa shape index (κ3) is 4.06. The molecular formula is C13H20N4O3. The fraction of sp³-hybridized carbons (Fsp3) is 0.615. The van der Waals surface area contributed by atoms with Crippen LogP contribution in [0.15, 0.2) is 17.1 Å². The number of nitrogens with zero attached hydrogens (tertiary/aromatic N) is 2. The lowest BCUT2D eigenvalue weighted by Crippen LogP contribution is -2.38. The van der Waals surface area contributed by atoms with Gasteiger partial charge in [0.15, 0.2) is 0 Å². The molecule has 0 aliphatic heterocycles. The van der Waals surface area contributed by atoms with E-state index in [1.807, 2.05) is 0 Å². The molecule has 20 heavy (non-hydrogen) atoms. The van der Waals surface area contributed by atoms with E-state index in [1.165, 1.54) is 12.3 Å². The number of aromatic nitrogens is 2. The van der Waals surface area contributed by atoms with E-state index in [2.05, 4.69) is 10.4 Å². The lowest BCUT2D eigenvalue weighted by Gasteiger charge is -2.12. The van der Waals surface area contributed by atoms with Gasteiger partial charge in [-0.25, -0.2) is 4.68 Å². The largest absolute Gasteiger partial charge is 0.490 e. The summed E-state index contributed by atoms with van der Waals surface area (Å²) >= 11 is 0. The Kier molecular flexibility index (Phi) is 5.11. The molecule has 0 radical (unpaired) electrons. The Morgan fingerprint density at radius 1 is 1.50 bits per heavy atom. The van der Waals surface area contributed by atoms with Crippen molar-refractivity contribution in [1.82, 2.24) is 15.1 Å². The van der Waals surface area contributed by atoms with Crippen LogP contribution >= 0.6 is 0 Å². The van der Waals surface area contributed by atoms with Gasteiger partial charge < -0.3 is 15.8 Å². The molecule has 1 fully saturated rings. The summed E-state index contributed by atoms with van der Waals surface area (Å²) in [6.45, 7) is 0.632. The van der Waals surface area contributed by atoms with Crippen molar-refractivity contribution in [2.24, 2.45) is 5.73 Å². The molecule has 2 rings (SSSR count). The second-order valence-corrected chi connectivity index (χ2v) is 4.87. The summed E-state index contributed by atoms with van der Waals surface area (Å²) in [7, 11) is 0. The van der Waals surface area contributed by atoms with E-state index < -0.39 is 0 Å². The summed E-state index contributed by atoms with van der Waals surface area (Å²) in [6, 6.07) is 1.55. The fourth-order valence-corrected chi connectivity index (χ4v) is 2.27. The molecule has 1 saturated carbocycles. The van der Waals surface area contributed by atoms with Crippen molar-refractivity contribution in [1.29, 1.82) is 0 Å². The molecule has 110 valence electrons. The number of rotatable bonds is 6. The zero-order chi connectivity index (χ0) is 14.4. The zero-order valence-electron chi connectivity index (χ0n) is 11.4. The van der Waals surface area contributed by atoms with Crippen LogP contribution in [0.3, 0.4) is 0 Å². The van der Waals surface area contributed by atoms with Crippen LogP contribution < -0.4 is 21.3 Å². The number of nitrogens with two attached hydrogens (primary N) is 1. The van der Waals surface area contributed by atoms with E-state index >= 15 is 0 Å². The van der Waals surface area contributed by atoms with Crippen molar-refractivity contribution in [3.8, 4) is 5.75 Å². The number of carbonyl (C=O) groups is 1. The molecule has 7 heteroatoms. The maximum absolute atomic E-state index is 11.8. The predicted octanol–water partition coefficient (Wildman–Crippen LogP) is -0.360. The van der Waals surface area contributed by atoms with Crippen molar-refractivity contribution in [3.63, 3.8) is 0 Å². The average molecular weight is 280 g/mol. The molecule has 1 aromatic heterocycles. The third-order valence-corrected chi connectivity index (χ3v) is 3.24. The van der Waals surface area contributed by atoms with E-state index in [-0.39, 0.29) is 24.1 Å². The summed E-state index contributed by atoms with van der Waals surface area (Å²) in [5.41, 5.74) is 4.95. The summed E-state index contributed by atoms with van der Waals surface area (Å²) in [5.74, 6) is 0.190. The van der Waals surface area contributed by atoms with Gasteiger partial charge in [-0.2, -0.15) is 5.10 Å². The number of ether oxygens (including phenoxy) is 1. The fourth-order valence-electron chi connectivity index (χ4n) is 2.27. The molecule has 0 atom stereocenters. The number of nitrogens with one attached hydrogen (secondary N) is 1. The summed E-state index contributed by atoms with van der Waals surface area (Å²) in [6.07, 6.45) is 5.74. The standard InChI is InChI=1S/C13H20N4O3/c14-5-6-20-11-7-13(19)17(15-8-11)9-12(18)16-10-3-1-2-4-10/h7-8,10H,1-6,9,14H2,(H,16,18). The van der Waals surface area contributed by atoms with E-state index in [4.69, 9.17) is 10.5 Å². The van der Waals surface area contributed by atoms with Crippen molar-refractivity contribution in [3.05, 3.63) is 22.6 Å².